The van der Waals surface area contributed by atoms with Crippen molar-refractivity contribution >= 4 is 23.1 Å². The molecule has 6 atom stereocenters. The largest absolute Gasteiger partial charge is 0.458 e. The minimum absolute atomic E-state index is 0.0609. The highest BCUT2D eigenvalue weighted by Gasteiger charge is 2.61. The Bertz CT molecular complexity index is 1870. The van der Waals surface area contributed by atoms with Gasteiger partial charge in [0.15, 0.2) is 23.5 Å². The molecular formula is C33H35N3O10. The molecule has 0 unspecified atom stereocenters. The van der Waals surface area contributed by atoms with Crippen LogP contribution in [0, 0.1) is 0 Å². The van der Waals surface area contributed by atoms with Gasteiger partial charge in [-0.05, 0) is 46.2 Å². The molecule has 8 rings (SSSR count). The highest BCUT2D eigenvalue weighted by molar-refractivity contribution is 6.02. The van der Waals surface area contributed by atoms with E-state index in [4.69, 9.17) is 38.2 Å². The Morgan fingerprint density at radius 3 is 2.59 bits per heavy atom. The minimum atomic E-state index is -1.91. The third-order valence-corrected chi connectivity index (χ3v) is 9.39. The van der Waals surface area contributed by atoms with Gasteiger partial charge >= 0.3 is 5.97 Å². The molecule has 0 saturated carbocycles. The van der Waals surface area contributed by atoms with Crippen LogP contribution in [0.3, 0.4) is 0 Å². The van der Waals surface area contributed by atoms with Crippen molar-refractivity contribution < 1.29 is 43.2 Å². The van der Waals surface area contributed by atoms with E-state index in [2.05, 4.69) is 5.16 Å². The van der Waals surface area contributed by atoms with Crippen LogP contribution in [0.15, 0.2) is 40.3 Å². The zero-order valence-electron chi connectivity index (χ0n) is 26.1. The molecule has 0 bridgehead atoms. The highest BCUT2D eigenvalue weighted by atomic mass is 16.9. The molecule has 3 saturated heterocycles. The molecule has 2 aromatic heterocycles. The number of hydrogen-bond acceptors (Lipinski definition) is 12. The van der Waals surface area contributed by atoms with E-state index in [1.165, 1.54) is 0 Å². The van der Waals surface area contributed by atoms with Crippen LogP contribution in [0.1, 0.15) is 63.3 Å². The van der Waals surface area contributed by atoms with E-state index >= 15 is 0 Å². The number of esters is 1. The van der Waals surface area contributed by atoms with Crippen molar-refractivity contribution in [1.82, 2.24) is 9.55 Å². The van der Waals surface area contributed by atoms with Crippen LogP contribution >= 0.6 is 0 Å². The van der Waals surface area contributed by atoms with Gasteiger partial charge in [-0.25, -0.2) is 9.78 Å². The number of cyclic esters (lactones) is 1. The minimum Gasteiger partial charge on any atom is -0.458 e. The van der Waals surface area contributed by atoms with Crippen molar-refractivity contribution in [3.8, 4) is 11.4 Å². The summed E-state index contributed by atoms with van der Waals surface area (Å²) < 4.78 is 37.5. The Morgan fingerprint density at radius 2 is 1.78 bits per heavy atom. The van der Waals surface area contributed by atoms with Crippen molar-refractivity contribution in [2.24, 2.45) is 5.16 Å². The van der Waals surface area contributed by atoms with Crippen molar-refractivity contribution in [2.45, 2.75) is 102 Å². The molecule has 1 N–H and O–H groups in total. The summed E-state index contributed by atoms with van der Waals surface area (Å²) in [4.78, 5) is 37.0. The number of para-hydroxylation sites is 1. The monoisotopic (exact) mass is 633 g/mol. The van der Waals surface area contributed by atoms with Gasteiger partial charge in [-0.1, -0.05) is 30.3 Å². The van der Waals surface area contributed by atoms with E-state index in [1.54, 1.807) is 23.8 Å². The molecule has 242 valence electrons. The fraction of sp³-hybridized carbons (Fsp3) is 0.515. The second-order valence-electron chi connectivity index (χ2n) is 13.2. The second-order valence-corrected chi connectivity index (χ2v) is 13.2. The molecule has 5 aliphatic rings. The summed E-state index contributed by atoms with van der Waals surface area (Å²) in [6.07, 6.45) is -0.818. The van der Waals surface area contributed by atoms with Gasteiger partial charge < -0.3 is 42.9 Å². The van der Waals surface area contributed by atoms with Gasteiger partial charge in [0.05, 0.1) is 35.2 Å². The molecule has 46 heavy (non-hydrogen) atoms. The van der Waals surface area contributed by atoms with E-state index in [9.17, 15) is 14.7 Å². The molecule has 1 aromatic carbocycles. The molecule has 0 aliphatic carbocycles. The fourth-order valence-corrected chi connectivity index (χ4v) is 7.24. The number of nitrogens with zero attached hydrogens (tertiary/aromatic N) is 3. The van der Waals surface area contributed by atoms with E-state index in [0.717, 1.165) is 16.5 Å². The average Bonchev–Trinajstić information content (AvgIpc) is 3.66. The predicted molar refractivity (Wildman–Crippen MR) is 161 cm³/mol. The third kappa shape index (κ3) is 4.44. The molecule has 13 nitrogen and oxygen atoms in total. The van der Waals surface area contributed by atoms with E-state index in [0.29, 0.717) is 16.9 Å². The molecule has 13 heteroatoms. The fourth-order valence-electron chi connectivity index (χ4n) is 7.24. The number of carbonyl (C=O) groups excluding carboxylic acids is 1. The Morgan fingerprint density at radius 1 is 1.04 bits per heavy atom. The van der Waals surface area contributed by atoms with Crippen molar-refractivity contribution in [1.29, 1.82) is 0 Å². The molecule has 0 amide bonds. The van der Waals surface area contributed by atoms with Crippen LogP contribution in [0.4, 0.5) is 0 Å². The van der Waals surface area contributed by atoms with Gasteiger partial charge in [-0.15, -0.1) is 0 Å². The van der Waals surface area contributed by atoms with Crippen LogP contribution in [0.2, 0.25) is 0 Å². The van der Waals surface area contributed by atoms with Gasteiger partial charge in [0.25, 0.3) is 5.56 Å². The topological polar surface area (TPSA) is 149 Å². The number of pyridine rings is 2. The van der Waals surface area contributed by atoms with Crippen LogP contribution in [-0.2, 0) is 56.8 Å². The van der Waals surface area contributed by atoms with Crippen LogP contribution in [-0.4, -0.2) is 75.7 Å². The normalized spacial score (nSPS) is 31.7. The molecule has 3 fully saturated rings. The first-order chi connectivity index (χ1) is 21.9. The van der Waals surface area contributed by atoms with Gasteiger partial charge in [-0.2, -0.15) is 0 Å². The third-order valence-electron chi connectivity index (χ3n) is 9.39. The van der Waals surface area contributed by atoms with Crippen LogP contribution in [0.25, 0.3) is 22.3 Å². The van der Waals surface area contributed by atoms with Crippen molar-refractivity contribution in [2.75, 3.05) is 6.61 Å². The van der Waals surface area contributed by atoms with Crippen LogP contribution in [0.5, 0.6) is 0 Å². The van der Waals surface area contributed by atoms with Crippen molar-refractivity contribution in [3.05, 3.63) is 62.9 Å². The van der Waals surface area contributed by atoms with E-state index in [1.807, 2.05) is 52.0 Å². The maximum atomic E-state index is 13.7. The number of oxime groups is 1. The van der Waals surface area contributed by atoms with Crippen molar-refractivity contribution in [3.63, 3.8) is 0 Å². The molecule has 0 radical (unpaired) electrons. The molecule has 5 aliphatic heterocycles. The van der Waals surface area contributed by atoms with Gasteiger partial charge in [0, 0.05) is 22.1 Å². The molecule has 7 heterocycles. The average molecular weight is 634 g/mol. The number of carbonyl (C=O) groups is 1. The zero-order valence-corrected chi connectivity index (χ0v) is 26.1. The summed E-state index contributed by atoms with van der Waals surface area (Å²) in [6, 6.07) is 9.29. The maximum absolute atomic E-state index is 13.7. The maximum Gasteiger partial charge on any atom is 0.343 e. The number of fused-ring (bicyclic) bond motifs is 8. The lowest BCUT2D eigenvalue weighted by Gasteiger charge is -2.36. The van der Waals surface area contributed by atoms with E-state index < -0.39 is 53.9 Å². The molecule has 3 aromatic rings. The second kappa shape index (κ2) is 10.1. The summed E-state index contributed by atoms with van der Waals surface area (Å²) in [5, 5.41) is 16.4. The Kier molecular flexibility index (Phi) is 6.54. The zero-order chi connectivity index (χ0) is 32.2. The Balaban J connectivity index is 1.11. The number of aliphatic hydroxyl groups is 1. The lowest BCUT2D eigenvalue weighted by atomic mass is 9.86. The summed E-state index contributed by atoms with van der Waals surface area (Å²) in [5.41, 5.74) is 1.56. The Hall–Kier alpha value is -3.72. The summed E-state index contributed by atoms with van der Waals surface area (Å²) in [6.45, 7) is 9.12. The molecule has 0 spiro atoms. The lowest BCUT2D eigenvalue weighted by molar-refractivity contribution is -0.243. The number of ether oxygens (including phenoxy) is 6. The smallest absolute Gasteiger partial charge is 0.343 e. The number of rotatable bonds is 5. The first-order valence-electron chi connectivity index (χ1n) is 15.5. The standard InChI is InChI=1S/C33H35N3O10/c1-6-33(39)20-11-22-24-18(13-36(22)28(37)19(20)14-40-30(33)38)17(16-9-7-8-10-21(16)35-24)12-34-41-15-23-25-26(44-31(2,3)43-25)27-29(42-23)46-32(4,5)45-27/h7-12,23,25-27,29,39H,6,13-15H2,1-5H3/b34-12+/t23-,25+,26+,27-,29-,33+/m1/s1. The SMILES string of the molecule is CC[C@@]1(O)C(=O)OCc2c1cc1n(c2=O)Cc2c-1nc1ccccc1c2/C=N/OC[C@H]1O[C@@H]2OC(C)(C)O[C@@H]2[C@H]2OC(C)(C)O[C@H]21. The number of benzene rings is 1. The summed E-state index contributed by atoms with van der Waals surface area (Å²) in [5.74, 6) is -2.43. The molecular weight excluding hydrogens is 598 g/mol. The quantitative estimate of drug-likeness (QED) is 0.196. The number of aromatic nitrogens is 2. The predicted octanol–water partition coefficient (Wildman–Crippen LogP) is 2.83. The van der Waals surface area contributed by atoms with Crippen LogP contribution < -0.4 is 5.56 Å². The van der Waals surface area contributed by atoms with Gasteiger partial charge in [0.2, 0.25) is 0 Å². The van der Waals surface area contributed by atoms with Gasteiger partial charge in [-0.3, -0.25) is 4.79 Å². The summed E-state index contributed by atoms with van der Waals surface area (Å²) in [7, 11) is 0. The number of hydrogen-bond donors (Lipinski definition) is 1. The Labute approximate surface area is 263 Å². The summed E-state index contributed by atoms with van der Waals surface area (Å²) >= 11 is 0. The first-order valence-corrected chi connectivity index (χ1v) is 15.5. The highest BCUT2D eigenvalue weighted by Crippen LogP contribution is 2.44. The van der Waals surface area contributed by atoms with E-state index in [-0.39, 0.29) is 42.9 Å². The van der Waals surface area contributed by atoms with Gasteiger partial charge in [0.1, 0.15) is 37.6 Å². The lowest BCUT2D eigenvalue weighted by Crippen LogP contribution is -2.56. The first kappa shape index (κ1) is 29.7.